The molecule has 0 N–H and O–H groups in total. The summed E-state index contributed by atoms with van der Waals surface area (Å²) in [5.41, 5.74) is 2.82. The molecule has 0 fully saturated rings. The van der Waals surface area contributed by atoms with E-state index >= 15 is 0 Å². The molecule has 0 aliphatic carbocycles. The third-order valence-electron chi connectivity index (χ3n) is 4.05. The van der Waals surface area contributed by atoms with E-state index in [-0.39, 0.29) is 11.7 Å². The molecule has 0 spiro atoms. The zero-order valence-electron chi connectivity index (χ0n) is 12.0. The minimum absolute atomic E-state index is 0.00121. The Kier molecular flexibility index (Phi) is 2.89. The molecule has 1 aliphatic heterocycles. The van der Waals surface area contributed by atoms with Crippen molar-refractivity contribution in [3.8, 4) is 11.4 Å². The third kappa shape index (κ3) is 1.88. The average molecular weight is 290 g/mol. The molecule has 2 heterocycles. The Morgan fingerprint density at radius 3 is 2.55 bits per heavy atom. The van der Waals surface area contributed by atoms with E-state index in [0.29, 0.717) is 41.7 Å². The second kappa shape index (κ2) is 4.91. The van der Waals surface area contributed by atoms with Gasteiger partial charge in [0.2, 0.25) is 5.91 Å². The zero-order chi connectivity index (χ0) is 15.1. The standard InChI is InChI=1S/C18H14N2O2/c21-15-10-5-11-16(22)20-17-13(15)8-4-9-14(17)19-18(20)12-6-2-1-3-7-12/h1-4,6-9H,5,10-11H2. The van der Waals surface area contributed by atoms with Crippen molar-refractivity contribution >= 4 is 22.7 Å². The first-order valence-corrected chi connectivity index (χ1v) is 7.39. The van der Waals surface area contributed by atoms with Gasteiger partial charge in [0.1, 0.15) is 5.82 Å². The van der Waals surface area contributed by atoms with Gasteiger partial charge in [0, 0.05) is 24.0 Å². The Morgan fingerprint density at radius 1 is 0.909 bits per heavy atom. The van der Waals surface area contributed by atoms with Crippen LogP contribution in [0.25, 0.3) is 22.4 Å². The summed E-state index contributed by atoms with van der Waals surface area (Å²) in [6.45, 7) is 0. The fourth-order valence-electron chi connectivity index (χ4n) is 3.02. The van der Waals surface area contributed by atoms with Gasteiger partial charge in [-0.1, -0.05) is 36.4 Å². The minimum atomic E-state index is 0.00121. The first-order valence-electron chi connectivity index (χ1n) is 7.39. The molecule has 0 unspecified atom stereocenters. The van der Waals surface area contributed by atoms with Gasteiger partial charge < -0.3 is 0 Å². The number of ketones is 1. The smallest absolute Gasteiger partial charge is 0.232 e. The Bertz CT molecular complexity index is 894. The summed E-state index contributed by atoms with van der Waals surface area (Å²) in [7, 11) is 0. The quantitative estimate of drug-likeness (QED) is 0.686. The molecule has 0 bridgehead atoms. The number of carbonyl (C=O) groups is 2. The highest BCUT2D eigenvalue weighted by molar-refractivity contribution is 6.10. The Hall–Kier alpha value is -2.75. The summed E-state index contributed by atoms with van der Waals surface area (Å²) in [5.74, 6) is 0.697. The van der Waals surface area contributed by atoms with Gasteiger partial charge in [-0.05, 0) is 18.6 Å². The fraction of sp³-hybridized carbons (Fsp3) is 0.167. The van der Waals surface area contributed by atoms with E-state index in [9.17, 15) is 9.59 Å². The maximum absolute atomic E-state index is 12.6. The van der Waals surface area contributed by atoms with E-state index in [1.807, 2.05) is 42.5 Å². The molecular weight excluding hydrogens is 276 g/mol. The normalized spacial score (nSPS) is 14.9. The summed E-state index contributed by atoms with van der Waals surface area (Å²) < 4.78 is 1.62. The van der Waals surface area contributed by atoms with Crippen molar-refractivity contribution in [1.29, 1.82) is 0 Å². The van der Waals surface area contributed by atoms with E-state index in [4.69, 9.17) is 0 Å². The zero-order valence-corrected chi connectivity index (χ0v) is 12.0. The number of hydrogen-bond donors (Lipinski definition) is 0. The molecule has 0 saturated carbocycles. The van der Waals surface area contributed by atoms with E-state index < -0.39 is 0 Å². The molecule has 4 heteroatoms. The van der Waals surface area contributed by atoms with Crippen LogP contribution in [0.1, 0.15) is 34.4 Å². The van der Waals surface area contributed by atoms with E-state index in [1.54, 1.807) is 10.6 Å². The molecule has 108 valence electrons. The van der Waals surface area contributed by atoms with Crippen LogP contribution in [0.2, 0.25) is 0 Å². The molecule has 22 heavy (non-hydrogen) atoms. The van der Waals surface area contributed by atoms with Gasteiger partial charge in [0.05, 0.1) is 11.0 Å². The van der Waals surface area contributed by atoms with Crippen molar-refractivity contribution in [3.05, 3.63) is 54.1 Å². The molecule has 4 nitrogen and oxygen atoms in total. The number of carbonyl (C=O) groups excluding carboxylic acids is 2. The van der Waals surface area contributed by atoms with Gasteiger partial charge in [-0.3, -0.25) is 14.2 Å². The van der Waals surface area contributed by atoms with Gasteiger partial charge in [-0.25, -0.2) is 4.98 Å². The third-order valence-corrected chi connectivity index (χ3v) is 4.05. The van der Waals surface area contributed by atoms with Crippen LogP contribution in [0.15, 0.2) is 48.5 Å². The lowest BCUT2D eigenvalue weighted by Crippen LogP contribution is -2.17. The van der Waals surface area contributed by atoms with Gasteiger partial charge in [0.25, 0.3) is 0 Å². The van der Waals surface area contributed by atoms with Gasteiger partial charge in [-0.2, -0.15) is 0 Å². The SMILES string of the molecule is O=C1CCCC(=O)n2c(-c3ccccc3)nc3cccc1c32. The van der Waals surface area contributed by atoms with E-state index in [2.05, 4.69) is 4.98 Å². The van der Waals surface area contributed by atoms with E-state index in [0.717, 1.165) is 5.56 Å². The molecule has 1 aromatic heterocycles. The second-order valence-corrected chi connectivity index (χ2v) is 5.48. The monoisotopic (exact) mass is 290 g/mol. The fourth-order valence-corrected chi connectivity index (χ4v) is 3.02. The van der Waals surface area contributed by atoms with Crippen LogP contribution < -0.4 is 0 Å². The summed E-state index contributed by atoms with van der Waals surface area (Å²) >= 11 is 0. The Morgan fingerprint density at radius 2 is 1.73 bits per heavy atom. The molecule has 0 saturated heterocycles. The van der Waals surface area contributed by atoms with Crippen LogP contribution in [0, 0.1) is 0 Å². The number of hydrogen-bond acceptors (Lipinski definition) is 3. The molecule has 1 aliphatic rings. The Labute approximate surface area is 127 Å². The number of benzene rings is 2. The van der Waals surface area contributed by atoms with Crippen molar-refractivity contribution in [2.75, 3.05) is 0 Å². The van der Waals surface area contributed by atoms with Gasteiger partial charge in [-0.15, -0.1) is 0 Å². The largest absolute Gasteiger partial charge is 0.294 e. The first-order chi connectivity index (χ1) is 10.8. The highest BCUT2D eigenvalue weighted by atomic mass is 16.2. The summed E-state index contributed by atoms with van der Waals surface area (Å²) in [6.07, 6.45) is 1.36. The first kappa shape index (κ1) is 13.0. The summed E-state index contributed by atoms with van der Waals surface area (Å²) in [5, 5.41) is 0. The molecule has 0 atom stereocenters. The maximum atomic E-state index is 12.6. The number of para-hydroxylation sites is 1. The number of imidazole rings is 1. The van der Waals surface area contributed by atoms with Gasteiger partial charge in [0.15, 0.2) is 5.78 Å². The minimum Gasteiger partial charge on any atom is -0.294 e. The average Bonchev–Trinajstić information content (AvgIpc) is 2.93. The van der Waals surface area contributed by atoms with Crippen LogP contribution in [0.3, 0.4) is 0 Å². The number of Topliss-reactive ketones (excluding diaryl/α,β-unsaturated/α-hetero) is 1. The highest BCUT2D eigenvalue weighted by Crippen LogP contribution is 2.30. The molecular formula is C18H14N2O2. The second-order valence-electron chi connectivity index (χ2n) is 5.48. The predicted octanol–water partition coefficient (Wildman–Crippen LogP) is 3.71. The Balaban J connectivity index is 2.11. The topological polar surface area (TPSA) is 52.0 Å². The van der Waals surface area contributed by atoms with Crippen LogP contribution in [-0.4, -0.2) is 21.2 Å². The van der Waals surface area contributed by atoms with Crippen molar-refractivity contribution in [1.82, 2.24) is 9.55 Å². The number of aromatic nitrogens is 2. The number of nitrogens with zero attached hydrogens (tertiary/aromatic N) is 2. The lowest BCUT2D eigenvalue weighted by molar-refractivity contribution is 0.0894. The van der Waals surface area contributed by atoms with Crippen molar-refractivity contribution < 1.29 is 9.59 Å². The molecule has 3 aromatic rings. The van der Waals surface area contributed by atoms with Gasteiger partial charge >= 0.3 is 0 Å². The van der Waals surface area contributed by atoms with Crippen LogP contribution >= 0.6 is 0 Å². The highest BCUT2D eigenvalue weighted by Gasteiger charge is 2.24. The summed E-state index contributed by atoms with van der Waals surface area (Å²) in [4.78, 5) is 29.6. The molecule has 0 radical (unpaired) electrons. The maximum Gasteiger partial charge on any atom is 0.232 e. The number of rotatable bonds is 1. The van der Waals surface area contributed by atoms with Crippen LogP contribution in [0.4, 0.5) is 0 Å². The molecule has 2 aromatic carbocycles. The summed E-state index contributed by atoms with van der Waals surface area (Å²) in [6, 6.07) is 15.1. The van der Waals surface area contributed by atoms with Crippen LogP contribution in [0.5, 0.6) is 0 Å². The predicted molar refractivity (Wildman–Crippen MR) is 84.0 cm³/mol. The van der Waals surface area contributed by atoms with E-state index in [1.165, 1.54) is 0 Å². The van der Waals surface area contributed by atoms with Crippen molar-refractivity contribution in [3.63, 3.8) is 0 Å². The lowest BCUT2D eigenvalue weighted by Gasteiger charge is -2.13. The lowest BCUT2D eigenvalue weighted by atomic mass is 10.0. The van der Waals surface area contributed by atoms with Crippen LogP contribution in [-0.2, 0) is 0 Å². The van der Waals surface area contributed by atoms with Crippen molar-refractivity contribution in [2.24, 2.45) is 0 Å². The molecule has 0 amide bonds. The molecule has 4 rings (SSSR count). The van der Waals surface area contributed by atoms with Crippen molar-refractivity contribution in [2.45, 2.75) is 19.3 Å².